The second-order valence-corrected chi connectivity index (χ2v) is 7.57. The summed E-state index contributed by atoms with van der Waals surface area (Å²) >= 11 is 7.07. The molecule has 0 radical (unpaired) electrons. The fraction of sp³-hybridized carbons (Fsp3) is 0. The predicted octanol–water partition coefficient (Wildman–Crippen LogP) is 5.32. The Balaban J connectivity index is 1.62. The Hall–Kier alpha value is -3.09. The number of thiazole rings is 1. The quantitative estimate of drug-likeness (QED) is 0.417. The van der Waals surface area contributed by atoms with Crippen molar-refractivity contribution in [2.45, 2.75) is 0 Å². The lowest BCUT2D eigenvalue weighted by molar-refractivity contribution is 0.940. The summed E-state index contributed by atoms with van der Waals surface area (Å²) in [5.41, 5.74) is 3.37. The Morgan fingerprint density at radius 1 is 0.926 bits per heavy atom. The van der Waals surface area contributed by atoms with Crippen LogP contribution in [0, 0.1) is 4.77 Å². The number of aromatic amines is 1. The minimum Gasteiger partial charge on any atom is -0.331 e. The number of para-hydroxylation sites is 2. The Labute approximate surface area is 163 Å². The van der Waals surface area contributed by atoms with Crippen LogP contribution in [0.25, 0.3) is 37.4 Å². The molecule has 2 aromatic heterocycles. The number of hydrogen-bond acceptors (Lipinski definition) is 4. The van der Waals surface area contributed by atoms with E-state index in [1.54, 1.807) is 17.4 Å². The number of nitrogens with zero attached hydrogens (tertiary/aromatic N) is 2. The number of benzene rings is 3. The lowest BCUT2D eigenvalue weighted by Gasteiger charge is -2.08. The standard InChI is InChI=1S/C21H13N3OS2/c25-20-15-5-1-2-6-16(15)23-21(26)24(20)14-11-9-13(10-12-14)19-22-17-7-3-4-8-18(17)27-19/h1-12H,(H,23,26). The van der Waals surface area contributed by atoms with Crippen molar-refractivity contribution in [3.63, 3.8) is 0 Å². The maximum absolute atomic E-state index is 12.9. The minimum absolute atomic E-state index is 0.123. The fourth-order valence-corrected chi connectivity index (χ4v) is 4.42. The van der Waals surface area contributed by atoms with Crippen molar-refractivity contribution in [1.82, 2.24) is 14.5 Å². The normalized spacial score (nSPS) is 11.3. The molecule has 5 rings (SSSR count). The Morgan fingerprint density at radius 2 is 1.67 bits per heavy atom. The Kier molecular flexibility index (Phi) is 3.74. The topological polar surface area (TPSA) is 50.7 Å². The zero-order valence-electron chi connectivity index (χ0n) is 14.0. The first-order chi connectivity index (χ1) is 13.2. The van der Waals surface area contributed by atoms with Crippen molar-refractivity contribution >= 4 is 44.7 Å². The summed E-state index contributed by atoms with van der Waals surface area (Å²) in [5.74, 6) is 0. The van der Waals surface area contributed by atoms with Gasteiger partial charge in [-0.1, -0.05) is 24.3 Å². The molecule has 1 N–H and O–H groups in total. The molecule has 0 aliphatic heterocycles. The molecular formula is C21H13N3OS2. The molecule has 0 atom stereocenters. The van der Waals surface area contributed by atoms with Crippen LogP contribution in [-0.4, -0.2) is 14.5 Å². The predicted molar refractivity (Wildman–Crippen MR) is 113 cm³/mol. The number of aromatic nitrogens is 3. The first-order valence-corrected chi connectivity index (χ1v) is 9.64. The highest BCUT2D eigenvalue weighted by atomic mass is 32.1. The van der Waals surface area contributed by atoms with Gasteiger partial charge in [0.15, 0.2) is 4.77 Å². The average molecular weight is 387 g/mol. The summed E-state index contributed by atoms with van der Waals surface area (Å²) < 4.78 is 3.07. The maximum Gasteiger partial charge on any atom is 0.266 e. The SMILES string of the molecule is O=c1c2ccccc2[nH]c(=S)n1-c1ccc(-c2nc3ccccc3s2)cc1. The van der Waals surface area contributed by atoms with Gasteiger partial charge < -0.3 is 4.98 Å². The van der Waals surface area contributed by atoms with Crippen LogP contribution in [-0.2, 0) is 0 Å². The molecule has 27 heavy (non-hydrogen) atoms. The van der Waals surface area contributed by atoms with Gasteiger partial charge in [-0.2, -0.15) is 0 Å². The van der Waals surface area contributed by atoms with Crippen LogP contribution in [0.3, 0.4) is 0 Å². The molecule has 0 saturated heterocycles. The zero-order valence-corrected chi connectivity index (χ0v) is 15.7. The van der Waals surface area contributed by atoms with E-state index in [4.69, 9.17) is 12.2 Å². The molecular weight excluding hydrogens is 374 g/mol. The molecule has 130 valence electrons. The highest BCUT2D eigenvalue weighted by Crippen LogP contribution is 2.30. The summed E-state index contributed by atoms with van der Waals surface area (Å²) in [6.07, 6.45) is 0. The van der Waals surface area contributed by atoms with Crippen molar-refractivity contribution < 1.29 is 0 Å². The van der Waals surface area contributed by atoms with Crippen LogP contribution in [0.2, 0.25) is 0 Å². The van der Waals surface area contributed by atoms with Crippen LogP contribution >= 0.6 is 23.6 Å². The third-order valence-electron chi connectivity index (χ3n) is 4.47. The van der Waals surface area contributed by atoms with Gasteiger partial charge in [-0.05, 0) is 60.7 Å². The molecule has 6 heteroatoms. The third-order valence-corrected chi connectivity index (χ3v) is 5.84. The summed E-state index contributed by atoms with van der Waals surface area (Å²) in [7, 11) is 0. The first kappa shape index (κ1) is 16.1. The number of H-pyrrole nitrogens is 1. The van der Waals surface area contributed by atoms with E-state index >= 15 is 0 Å². The molecule has 0 saturated carbocycles. The molecule has 4 nitrogen and oxygen atoms in total. The molecule has 0 bridgehead atoms. The van der Waals surface area contributed by atoms with E-state index in [9.17, 15) is 4.79 Å². The van der Waals surface area contributed by atoms with E-state index in [-0.39, 0.29) is 5.56 Å². The number of hydrogen-bond donors (Lipinski definition) is 1. The number of rotatable bonds is 2. The molecule has 0 spiro atoms. The Morgan fingerprint density at radius 3 is 2.48 bits per heavy atom. The van der Waals surface area contributed by atoms with Gasteiger partial charge in [0.05, 0.1) is 26.8 Å². The maximum atomic E-state index is 12.9. The molecule has 0 aliphatic rings. The second-order valence-electron chi connectivity index (χ2n) is 6.15. The van der Waals surface area contributed by atoms with Gasteiger partial charge in [0.1, 0.15) is 5.01 Å². The lowest BCUT2D eigenvalue weighted by Crippen LogP contribution is -2.20. The molecule has 0 amide bonds. The molecule has 0 fully saturated rings. The Bertz CT molecular complexity index is 1380. The zero-order chi connectivity index (χ0) is 18.4. The first-order valence-electron chi connectivity index (χ1n) is 8.41. The van der Waals surface area contributed by atoms with Crippen molar-refractivity contribution in [3.8, 4) is 16.3 Å². The monoisotopic (exact) mass is 387 g/mol. The van der Waals surface area contributed by atoms with Crippen LogP contribution < -0.4 is 5.56 Å². The van der Waals surface area contributed by atoms with Gasteiger partial charge in [-0.15, -0.1) is 11.3 Å². The van der Waals surface area contributed by atoms with E-state index in [0.717, 1.165) is 32.0 Å². The molecule has 0 unspecified atom stereocenters. The van der Waals surface area contributed by atoms with Crippen molar-refractivity contribution in [2.75, 3.05) is 0 Å². The van der Waals surface area contributed by atoms with Crippen molar-refractivity contribution in [3.05, 3.63) is 87.9 Å². The van der Waals surface area contributed by atoms with Gasteiger partial charge in [0.2, 0.25) is 0 Å². The van der Waals surface area contributed by atoms with Gasteiger partial charge in [-0.25, -0.2) is 4.98 Å². The fourth-order valence-electron chi connectivity index (χ4n) is 3.15. The highest BCUT2D eigenvalue weighted by molar-refractivity contribution is 7.71. The van der Waals surface area contributed by atoms with E-state index in [1.165, 1.54) is 4.57 Å². The number of nitrogens with one attached hydrogen (secondary N) is 1. The van der Waals surface area contributed by atoms with Crippen LogP contribution in [0.5, 0.6) is 0 Å². The average Bonchev–Trinajstić information content (AvgIpc) is 3.13. The van der Waals surface area contributed by atoms with Gasteiger partial charge >= 0.3 is 0 Å². The lowest BCUT2D eigenvalue weighted by atomic mass is 10.2. The van der Waals surface area contributed by atoms with Crippen LogP contribution in [0.4, 0.5) is 0 Å². The molecule has 0 aliphatic carbocycles. The molecule has 2 heterocycles. The van der Waals surface area contributed by atoms with Crippen LogP contribution in [0.15, 0.2) is 77.6 Å². The second kappa shape index (κ2) is 6.26. The smallest absolute Gasteiger partial charge is 0.266 e. The van der Waals surface area contributed by atoms with Gasteiger partial charge in [0.25, 0.3) is 5.56 Å². The van der Waals surface area contributed by atoms with E-state index in [0.29, 0.717) is 10.2 Å². The largest absolute Gasteiger partial charge is 0.331 e. The summed E-state index contributed by atoms with van der Waals surface area (Å²) in [6, 6.07) is 23.2. The molecule has 3 aromatic carbocycles. The summed E-state index contributed by atoms with van der Waals surface area (Å²) in [4.78, 5) is 20.7. The highest BCUT2D eigenvalue weighted by Gasteiger charge is 2.09. The summed E-state index contributed by atoms with van der Waals surface area (Å²) in [5, 5.41) is 1.57. The van der Waals surface area contributed by atoms with Crippen molar-refractivity contribution in [1.29, 1.82) is 0 Å². The third kappa shape index (κ3) is 2.70. The van der Waals surface area contributed by atoms with E-state index < -0.39 is 0 Å². The minimum atomic E-state index is -0.123. The van der Waals surface area contributed by atoms with Gasteiger partial charge in [0, 0.05) is 5.56 Å². The summed E-state index contributed by atoms with van der Waals surface area (Å²) in [6.45, 7) is 0. The molecule has 5 aromatic rings. The van der Waals surface area contributed by atoms with E-state index in [2.05, 4.69) is 16.0 Å². The van der Waals surface area contributed by atoms with E-state index in [1.807, 2.05) is 60.7 Å². The number of fused-ring (bicyclic) bond motifs is 2. The van der Waals surface area contributed by atoms with Crippen LogP contribution in [0.1, 0.15) is 0 Å². The van der Waals surface area contributed by atoms with Crippen molar-refractivity contribution in [2.24, 2.45) is 0 Å². The van der Waals surface area contributed by atoms with Gasteiger partial charge in [-0.3, -0.25) is 9.36 Å².